The zero-order valence-electron chi connectivity index (χ0n) is 13.8. The summed E-state index contributed by atoms with van der Waals surface area (Å²) in [7, 11) is 0. The molecule has 3 heteroatoms. The molecule has 0 aliphatic rings. The normalized spacial score (nSPS) is 10.8. The van der Waals surface area contributed by atoms with Crippen LogP contribution in [0.5, 0.6) is 0 Å². The van der Waals surface area contributed by atoms with Gasteiger partial charge in [-0.3, -0.25) is 4.79 Å². The molecule has 0 spiro atoms. The molecular weight excluding hydrogens is 312 g/mol. The summed E-state index contributed by atoms with van der Waals surface area (Å²) in [6.45, 7) is 2.26. The minimum Gasteiger partial charge on any atom is -0.282 e. The van der Waals surface area contributed by atoms with Gasteiger partial charge < -0.3 is 0 Å². The van der Waals surface area contributed by atoms with Gasteiger partial charge in [-0.25, -0.2) is 0 Å². The minimum absolute atomic E-state index is 0.160. The second kappa shape index (κ2) is 13.0. The SMILES string of the molecule is CCCCCCCCCCCCSC(=O)c1ccc(Cl)cc1. The van der Waals surface area contributed by atoms with Gasteiger partial charge in [-0.2, -0.15) is 0 Å². The summed E-state index contributed by atoms with van der Waals surface area (Å²) in [6, 6.07) is 7.15. The molecule has 0 bridgehead atoms. The van der Waals surface area contributed by atoms with Crippen LogP contribution in [0.1, 0.15) is 81.5 Å². The smallest absolute Gasteiger partial charge is 0.219 e. The van der Waals surface area contributed by atoms with Crippen LogP contribution in [0, 0.1) is 0 Å². The Morgan fingerprint density at radius 2 is 1.36 bits per heavy atom. The van der Waals surface area contributed by atoms with E-state index in [9.17, 15) is 4.79 Å². The van der Waals surface area contributed by atoms with E-state index >= 15 is 0 Å². The van der Waals surface area contributed by atoms with E-state index in [1.165, 1.54) is 69.5 Å². The van der Waals surface area contributed by atoms with Crippen LogP contribution in [0.25, 0.3) is 0 Å². The lowest BCUT2D eigenvalue weighted by molar-refractivity contribution is 0.108. The fraction of sp³-hybridized carbons (Fsp3) is 0.632. The van der Waals surface area contributed by atoms with Gasteiger partial charge in [0.15, 0.2) is 0 Å². The van der Waals surface area contributed by atoms with Gasteiger partial charge in [0.25, 0.3) is 0 Å². The molecule has 0 saturated heterocycles. The van der Waals surface area contributed by atoms with Crippen LogP contribution < -0.4 is 0 Å². The first kappa shape index (κ1) is 19.6. The van der Waals surface area contributed by atoms with E-state index in [1.807, 2.05) is 0 Å². The Morgan fingerprint density at radius 1 is 0.864 bits per heavy atom. The van der Waals surface area contributed by atoms with Crippen LogP contribution in [0.3, 0.4) is 0 Å². The van der Waals surface area contributed by atoms with Crippen molar-refractivity contribution >= 4 is 28.5 Å². The second-order valence-corrected chi connectivity index (χ2v) is 7.33. The summed E-state index contributed by atoms with van der Waals surface area (Å²) >= 11 is 7.25. The standard InChI is InChI=1S/C19H29ClOS/c1-2-3-4-5-6-7-8-9-10-11-16-22-19(21)17-12-14-18(20)15-13-17/h12-15H,2-11,16H2,1H3. The number of unbranched alkanes of at least 4 members (excludes halogenated alkanes) is 9. The largest absolute Gasteiger partial charge is 0.282 e. The van der Waals surface area contributed by atoms with Crippen molar-refractivity contribution in [1.82, 2.24) is 0 Å². The zero-order chi connectivity index (χ0) is 16.0. The van der Waals surface area contributed by atoms with Gasteiger partial charge >= 0.3 is 0 Å². The maximum absolute atomic E-state index is 11.9. The third-order valence-electron chi connectivity index (χ3n) is 3.81. The van der Waals surface area contributed by atoms with E-state index in [1.54, 1.807) is 24.3 Å². The number of benzene rings is 1. The first-order valence-electron chi connectivity index (χ1n) is 8.66. The van der Waals surface area contributed by atoms with Crippen LogP contribution in [-0.4, -0.2) is 10.9 Å². The van der Waals surface area contributed by atoms with Crippen LogP contribution in [0.4, 0.5) is 0 Å². The topological polar surface area (TPSA) is 17.1 Å². The molecule has 1 nitrogen and oxygen atoms in total. The maximum atomic E-state index is 11.9. The Balaban J connectivity index is 1.93. The molecule has 0 amide bonds. The number of hydrogen-bond donors (Lipinski definition) is 0. The average molecular weight is 341 g/mol. The first-order chi connectivity index (χ1) is 10.7. The van der Waals surface area contributed by atoms with E-state index < -0.39 is 0 Å². The molecule has 1 aromatic carbocycles. The van der Waals surface area contributed by atoms with Crippen molar-refractivity contribution in [2.45, 2.75) is 71.1 Å². The number of halogens is 1. The lowest BCUT2D eigenvalue weighted by Gasteiger charge is -2.03. The number of carbonyl (C=O) groups excluding carboxylic acids is 1. The van der Waals surface area contributed by atoms with E-state index in [0.717, 1.165) is 17.7 Å². The first-order valence-corrected chi connectivity index (χ1v) is 10.0. The molecular formula is C19H29ClOS. The van der Waals surface area contributed by atoms with Gasteiger partial charge in [-0.05, 0) is 30.7 Å². The van der Waals surface area contributed by atoms with Gasteiger partial charge in [0.2, 0.25) is 5.12 Å². The molecule has 1 aromatic rings. The molecule has 1 rings (SSSR count). The average Bonchev–Trinajstić information content (AvgIpc) is 2.53. The van der Waals surface area contributed by atoms with Crippen LogP contribution in [-0.2, 0) is 0 Å². The molecule has 0 saturated carbocycles. The van der Waals surface area contributed by atoms with Crippen molar-refractivity contribution in [3.8, 4) is 0 Å². The third-order valence-corrected chi connectivity index (χ3v) is 5.05. The van der Waals surface area contributed by atoms with Crippen molar-refractivity contribution in [2.24, 2.45) is 0 Å². The van der Waals surface area contributed by atoms with Gasteiger partial charge in [0.05, 0.1) is 0 Å². The molecule has 0 heterocycles. The van der Waals surface area contributed by atoms with Gasteiger partial charge in [0.1, 0.15) is 0 Å². The van der Waals surface area contributed by atoms with Crippen LogP contribution in [0.15, 0.2) is 24.3 Å². The number of rotatable bonds is 12. The zero-order valence-corrected chi connectivity index (χ0v) is 15.4. The molecule has 0 unspecified atom stereocenters. The van der Waals surface area contributed by atoms with Crippen LogP contribution in [0.2, 0.25) is 5.02 Å². The monoisotopic (exact) mass is 340 g/mol. The van der Waals surface area contributed by atoms with Gasteiger partial charge in [-0.1, -0.05) is 88.1 Å². The van der Waals surface area contributed by atoms with Crippen molar-refractivity contribution in [2.75, 3.05) is 5.75 Å². The summed E-state index contributed by atoms with van der Waals surface area (Å²) in [5, 5.41) is 0.837. The second-order valence-electron chi connectivity index (χ2n) is 5.82. The Bertz CT molecular complexity index is 402. The number of carbonyl (C=O) groups is 1. The molecule has 0 fully saturated rings. The Morgan fingerprint density at radius 3 is 1.91 bits per heavy atom. The molecule has 0 N–H and O–H groups in total. The lowest BCUT2D eigenvalue weighted by atomic mass is 10.1. The lowest BCUT2D eigenvalue weighted by Crippen LogP contribution is -1.94. The quantitative estimate of drug-likeness (QED) is 0.376. The molecule has 124 valence electrons. The highest BCUT2D eigenvalue weighted by molar-refractivity contribution is 8.14. The number of thioether (sulfide) groups is 1. The highest BCUT2D eigenvalue weighted by Crippen LogP contribution is 2.18. The Kier molecular flexibility index (Phi) is 11.6. The van der Waals surface area contributed by atoms with E-state index in [2.05, 4.69) is 6.92 Å². The molecule has 22 heavy (non-hydrogen) atoms. The van der Waals surface area contributed by atoms with Crippen LogP contribution >= 0.6 is 23.4 Å². The van der Waals surface area contributed by atoms with Gasteiger partial charge in [-0.15, -0.1) is 0 Å². The summed E-state index contributed by atoms with van der Waals surface area (Å²) < 4.78 is 0. The van der Waals surface area contributed by atoms with E-state index in [4.69, 9.17) is 11.6 Å². The van der Waals surface area contributed by atoms with Crippen molar-refractivity contribution in [3.63, 3.8) is 0 Å². The fourth-order valence-electron chi connectivity index (χ4n) is 2.42. The fourth-order valence-corrected chi connectivity index (χ4v) is 3.39. The third kappa shape index (κ3) is 9.53. The van der Waals surface area contributed by atoms with Gasteiger partial charge in [0, 0.05) is 16.3 Å². The summed E-state index contributed by atoms with van der Waals surface area (Å²) in [5.74, 6) is 0.929. The molecule has 0 atom stereocenters. The van der Waals surface area contributed by atoms with Crippen molar-refractivity contribution in [3.05, 3.63) is 34.9 Å². The predicted octanol–water partition coefficient (Wildman–Crippen LogP) is 7.13. The van der Waals surface area contributed by atoms with E-state index in [0.29, 0.717) is 5.02 Å². The summed E-state index contributed by atoms with van der Waals surface area (Å²) in [6.07, 6.45) is 13.3. The molecule has 0 aliphatic heterocycles. The summed E-state index contributed by atoms with van der Waals surface area (Å²) in [4.78, 5) is 11.9. The highest BCUT2D eigenvalue weighted by atomic mass is 35.5. The maximum Gasteiger partial charge on any atom is 0.219 e. The molecule has 0 aromatic heterocycles. The van der Waals surface area contributed by atoms with E-state index in [-0.39, 0.29) is 5.12 Å². The van der Waals surface area contributed by atoms with Crippen molar-refractivity contribution in [1.29, 1.82) is 0 Å². The number of hydrogen-bond acceptors (Lipinski definition) is 2. The van der Waals surface area contributed by atoms with Crippen molar-refractivity contribution < 1.29 is 4.79 Å². The molecule has 0 aliphatic carbocycles. The minimum atomic E-state index is 0.160. The Hall–Kier alpha value is -0.470. The highest BCUT2D eigenvalue weighted by Gasteiger charge is 2.05. The predicted molar refractivity (Wildman–Crippen MR) is 100 cm³/mol. The summed E-state index contributed by atoms with van der Waals surface area (Å²) in [5.41, 5.74) is 0.751. The molecule has 0 radical (unpaired) electrons. The Labute approximate surface area is 145 Å².